The van der Waals surface area contributed by atoms with Gasteiger partial charge < -0.3 is 5.73 Å². The third-order valence-corrected chi connectivity index (χ3v) is 5.36. The quantitative estimate of drug-likeness (QED) is 0.845. The van der Waals surface area contributed by atoms with E-state index in [-0.39, 0.29) is 33.0 Å². The van der Waals surface area contributed by atoms with Crippen LogP contribution >= 0.6 is 23.2 Å². The molecule has 1 aromatic heterocycles. The summed E-state index contributed by atoms with van der Waals surface area (Å²) in [7, 11) is -3.79. The first-order valence-electron chi connectivity index (χ1n) is 7.39. The smallest absolute Gasteiger partial charge is 0.278 e. The molecular weight excluding hydrogens is 373 g/mol. The van der Waals surface area contributed by atoms with E-state index >= 15 is 0 Å². The van der Waals surface area contributed by atoms with Gasteiger partial charge in [-0.25, -0.2) is 13.1 Å². The fourth-order valence-electron chi connectivity index (χ4n) is 2.75. The molecule has 9 heteroatoms. The van der Waals surface area contributed by atoms with Gasteiger partial charge in [-0.1, -0.05) is 42.6 Å². The molecule has 2 aromatic rings. The fourth-order valence-corrected chi connectivity index (χ4v) is 4.34. The summed E-state index contributed by atoms with van der Waals surface area (Å²) in [5.41, 5.74) is 5.75. The van der Waals surface area contributed by atoms with Crippen LogP contribution in [0.4, 0.5) is 5.82 Å². The number of nitrogens with zero attached hydrogens (tertiary/aromatic N) is 2. The van der Waals surface area contributed by atoms with E-state index < -0.39 is 15.6 Å². The predicted molar refractivity (Wildman–Crippen MR) is 98.4 cm³/mol. The van der Waals surface area contributed by atoms with Crippen LogP contribution < -0.4 is 11.3 Å². The van der Waals surface area contributed by atoms with Gasteiger partial charge in [0, 0.05) is 5.56 Å². The van der Waals surface area contributed by atoms with Gasteiger partial charge in [0.25, 0.3) is 15.6 Å². The molecule has 0 saturated heterocycles. The molecule has 2 rings (SSSR count). The average molecular weight is 392 g/mol. The third kappa shape index (κ3) is 3.20. The maximum absolute atomic E-state index is 13.0. The van der Waals surface area contributed by atoms with E-state index in [1.165, 1.54) is 0 Å². The number of nitrogens with two attached hydrogens (primary N) is 1. The Bertz CT molecular complexity index is 912. The van der Waals surface area contributed by atoms with Gasteiger partial charge in [-0.15, -0.1) is 0 Å². The first kappa shape index (κ1) is 18.9. The first-order valence-corrected chi connectivity index (χ1v) is 9.99. The molecule has 2 N–H and O–H groups in total. The molecule has 0 fully saturated rings. The first-order chi connectivity index (χ1) is 11.1. The minimum absolute atomic E-state index is 0.000946. The summed E-state index contributed by atoms with van der Waals surface area (Å²) in [6, 6.07) is 4.42. The maximum atomic E-state index is 13.0. The molecule has 1 atom stereocenters. The normalized spacial score (nSPS) is 13.2. The topological polar surface area (TPSA) is 87.1 Å². The van der Waals surface area contributed by atoms with Gasteiger partial charge in [-0.3, -0.25) is 4.79 Å². The standard InChI is InChI=1S/C15H19Cl2N3O3S/c1-4-6-9(2)19-15(21)13(14(18)20(19)24(3,22)23)12-10(16)7-5-8-11(12)17/h5,7-9H,4,6,18H2,1-3H3. The number of rotatable bonds is 5. The van der Waals surface area contributed by atoms with E-state index in [1.54, 1.807) is 25.1 Å². The molecule has 0 saturated carbocycles. The van der Waals surface area contributed by atoms with Crippen LogP contribution in [0.15, 0.2) is 23.0 Å². The predicted octanol–water partition coefficient (Wildman–Crippen LogP) is 3.37. The van der Waals surface area contributed by atoms with E-state index in [2.05, 4.69) is 0 Å². The highest BCUT2D eigenvalue weighted by atomic mass is 35.5. The minimum Gasteiger partial charge on any atom is -0.382 e. The van der Waals surface area contributed by atoms with Crippen molar-refractivity contribution in [1.29, 1.82) is 0 Å². The molecule has 0 spiro atoms. The Labute approximate surface area is 150 Å². The Morgan fingerprint density at radius 2 is 1.75 bits per heavy atom. The van der Waals surface area contributed by atoms with E-state index in [1.807, 2.05) is 6.92 Å². The van der Waals surface area contributed by atoms with Crippen molar-refractivity contribution in [3.63, 3.8) is 0 Å². The lowest BCUT2D eigenvalue weighted by Crippen LogP contribution is -2.30. The molecule has 0 aliphatic carbocycles. The highest BCUT2D eigenvalue weighted by Gasteiger charge is 2.28. The summed E-state index contributed by atoms with van der Waals surface area (Å²) in [6.07, 6.45) is 2.40. The van der Waals surface area contributed by atoms with E-state index in [4.69, 9.17) is 28.9 Å². The molecule has 0 bridgehead atoms. The Hall–Kier alpha value is -1.44. The average Bonchev–Trinajstić information content (AvgIpc) is 2.71. The van der Waals surface area contributed by atoms with Crippen LogP contribution in [0.25, 0.3) is 11.1 Å². The van der Waals surface area contributed by atoms with Gasteiger partial charge in [0.1, 0.15) is 5.82 Å². The number of anilines is 1. The van der Waals surface area contributed by atoms with Crippen molar-refractivity contribution in [1.82, 2.24) is 8.77 Å². The van der Waals surface area contributed by atoms with Crippen molar-refractivity contribution in [2.75, 3.05) is 12.0 Å². The van der Waals surface area contributed by atoms with Crippen LogP contribution in [-0.4, -0.2) is 23.4 Å². The van der Waals surface area contributed by atoms with Crippen LogP contribution in [0.5, 0.6) is 0 Å². The number of hydrogen-bond donors (Lipinski definition) is 1. The number of halogens is 2. The second kappa shape index (κ2) is 6.82. The minimum atomic E-state index is -3.79. The second-order valence-corrected chi connectivity index (χ2v) is 8.28. The number of nitrogen functional groups attached to an aromatic ring is 1. The summed E-state index contributed by atoms with van der Waals surface area (Å²) in [6.45, 7) is 3.72. The zero-order valence-electron chi connectivity index (χ0n) is 13.6. The lowest BCUT2D eigenvalue weighted by molar-refractivity contribution is 0.421. The molecule has 6 nitrogen and oxygen atoms in total. The van der Waals surface area contributed by atoms with Crippen molar-refractivity contribution in [2.24, 2.45) is 0 Å². The van der Waals surface area contributed by atoms with Crippen LogP contribution in [0.1, 0.15) is 32.7 Å². The molecule has 0 aliphatic heterocycles. The molecule has 1 heterocycles. The van der Waals surface area contributed by atoms with Crippen molar-refractivity contribution < 1.29 is 8.42 Å². The van der Waals surface area contributed by atoms with Gasteiger partial charge in [0.2, 0.25) is 0 Å². The zero-order valence-corrected chi connectivity index (χ0v) is 15.9. The SMILES string of the molecule is CCCC(C)n1c(=O)c(-c2c(Cl)cccc2Cl)c(N)n1S(C)(=O)=O. The van der Waals surface area contributed by atoms with Crippen molar-refractivity contribution in [3.8, 4) is 11.1 Å². The lowest BCUT2D eigenvalue weighted by atomic mass is 10.1. The summed E-state index contributed by atoms with van der Waals surface area (Å²) in [4.78, 5) is 13.0. The molecular formula is C15H19Cl2N3O3S. The molecule has 0 aliphatic rings. The Morgan fingerprint density at radius 3 is 2.21 bits per heavy atom. The van der Waals surface area contributed by atoms with Crippen LogP contribution in [0.3, 0.4) is 0 Å². The molecule has 132 valence electrons. The third-order valence-electron chi connectivity index (χ3n) is 3.73. The summed E-state index contributed by atoms with van der Waals surface area (Å²) in [5.74, 6) is -0.194. The second-order valence-electron chi connectivity index (χ2n) is 5.65. The summed E-state index contributed by atoms with van der Waals surface area (Å²) < 4.78 is 26.4. The summed E-state index contributed by atoms with van der Waals surface area (Å²) >= 11 is 12.4. The molecule has 24 heavy (non-hydrogen) atoms. The van der Waals surface area contributed by atoms with E-state index in [9.17, 15) is 13.2 Å². The maximum Gasteiger partial charge on any atom is 0.278 e. The van der Waals surface area contributed by atoms with Crippen LogP contribution in [-0.2, 0) is 10.0 Å². The van der Waals surface area contributed by atoms with Gasteiger partial charge in [-0.2, -0.15) is 4.09 Å². The zero-order chi connectivity index (χ0) is 18.2. The van der Waals surface area contributed by atoms with E-state index in [0.29, 0.717) is 6.42 Å². The largest absolute Gasteiger partial charge is 0.382 e. The monoisotopic (exact) mass is 391 g/mol. The Balaban J connectivity index is 2.93. The Morgan fingerprint density at radius 1 is 1.21 bits per heavy atom. The molecule has 1 aromatic carbocycles. The van der Waals surface area contributed by atoms with E-state index in [0.717, 1.165) is 21.4 Å². The molecule has 1 unspecified atom stereocenters. The highest BCUT2D eigenvalue weighted by molar-refractivity contribution is 7.89. The van der Waals surface area contributed by atoms with Gasteiger partial charge >= 0.3 is 0 Å². The fraction of sp³-hybridized carbons (Fsp3) is 0.400. The molecule has 0 radical (unpaired) electrons. The van der Waals surface area contributed by atoms with Gasteiger partial charge in [0.15, 0.2) is 0 Å². The molecule has 0 amide bonds. The van der Waals surface area contributed by atoms with Gasteiger partial charge in [-0.05, 0) is 25.5 Å². The number of benzene rings is 1. The lowest BCUT2D eigenvalue weighted by Gasteiger charge is -2.16. The van der Waals surface area contributed by atoms with Crippen LogP contribution in [0, 0.1) is 0 Å². The Kier molecular flexibility index (Phi) is 5.37. The van der Waals surface area contributed by atoms with Crippen molar-refractivity contribution in [2.45, 2.75) is 32.7 Å². The highest BCUT2D eigenvalue weighted by Crippen LogP contribution is 2.36. The van der Waals surface area contributed by atoms with Crippen LogP contribution in [0.2, 0.25) is 10.0 Å². The van der Waals surface area contributed by atoms with Crippen molar-refractivity contribution in [3.05, 3.63) is 38.6 Å². The number of hydrogen-bond acceptors (Lipinski definition) is 4. The summed E-state index contributed by atoms with van der Waals surface area (Å²) in [5, 5.41) is 0.458. The van der Waals surface area contributed by atoms with Crippen molar-refractivity contribution >= 4 is 39.0 Å². The number of aromatic nitrogens is 2. The van der Waals surface area contributed by atoms with Gasteiger partial charge in [0.05, 0.1) is 27.9 Å².